The molecular weight excluding hydrogens is 148 g/mol. The second-order valence-electron chi connectivity index (χ2n) is 4.09. The topological polar surface area (TPSA) is 38.0 Å². The van der Waals surface area contributed by atoms with E-state index in [4.69, 9.17) is 5.73 Å². The van der Waals surface area contributed by atoms with Crippen LogP contribution in [0, 0.1) is 5.92 Å². The third-order valence-corrected chi connectivity index (χ3v) is 2.68. The minimum absolute atomic E-state index is 0.480. The Labute approximate surface area is 75.9 Å². The molecule has 1 aliphatic rings. The summed E-state index contributed by atoms with van der Waals surface area (Å²) in [6.45, 7) is 5.17. The highest BCUT2D eigenvalue weighted by molar-refractivity contribution is 4.81. The van der Waals surface area contributed by atoms with Gasteiger partial charge in [-0.25, -0.2) is 0 Å². The van der Waals surface area contributed by atoms with Gasteiger partial charge in [-0.3, -0.25) is 0 Å². The maximum Gasteiger partial charge on any atom is 0.0164 e. The number of hydrogen-bond acceptors (Lipinski definition) is 2. The molecule has 2 unspecified atom stereocenters. The molecule has 0 heterocycles. The standard InChI is InChI=1S/C10H22N2/c1-3-10(6-9-4-5-9)12-8(2)7-11/h8-10,12H,3-7,11H2,1-2H3. The van der Waals surface area contributed by atoms with Gasteiger partial charge in [0, 0.05) is 18.6 Å². The van der Waals surface area contributed by atoms with E-state index in [0.717, 1.165) is 12.5 Å². The van der Waals surface area contributed by atoms with Crippen molar-refractivity contribution in [3.05, 3.63) is 0 Å². The molecule has 0 aromatic rings. The lowest BCUT2D eigenvalue weighted by Crippen LogP contribution is -2.40. The molecule has 3 N–H and O–H groups in total. The smallest absolute Gasteiger partial charge is 0.0164 e. The highest BCUT2D eigenvalue weighted by atomic mass is 15.0. The van der Waals surface area contributed by atoms with Crippen molar-refractivity contribution in [2.24, 2.45) is 11.7 Å². The molecule has 0 spiro atoms. The Bertz CT molecular complexity index is 121. The highest BCUT2D eigenvalue weighted by Crippen LogP contribution is 2.34. The molecule has 12 heavy (non-hydrogen) atoms. The average molecular weight is 170 g/mol. The molecule has 0 aliphatic heterocycles. The van der Waals surface area contributed by atoms with E-state index in [2.05, 4.69) is 19.2 Å². The predicted octanol–water partition coefficient (Wildman–Crippen LogP) is 1.50. The molecule has 0 bridgehead atoms. The van der Waals surface area contributed by atoms with Crippen LogP contribution in [-0.2, 0) is 0 Å². The van der Waals surface area contributed by atoms with Crippen LogP contribution in [0.3, 0.4) is 0 Å². The van der Waals surface area contributed by atoms with Crippen molar-refractivity contribution in [3.8, 4) is 0 Å². The third-order valence-electron chi connectivity index (χ3n) is 2.68. The normalized spacial score (nSPS) is 22.2. The maximum atomic E-state index is 5.56. The first kappa shape index (κ1) is 10.0. The predicted molar refractivity (Wildman–Crippen MR) is 53.1 cm³/mol. The Kier molecular flexibility index (Phi) is 4.02. The zero-order valence-electron chi connectivity index (χ0n) is 8.34. The second kappa shape index (κ2) is 4.83. The molecule has 1 saturated carbocycles. The maximum absolute atomic E-state index is 5.56. The molecule has 0 saturated heterocycles. The van der Waals surface area contributed by atoms with Crippen LogP contribution in [0.5, 0.6) is 0 Å². The molecule has 1 aliphatic carbocycles. The summed E-state index contributed by atoms with van der Waals surface area (Å²) in [7, 11) is 0. The molecule has 72 valence electrons. The highest BCUT2D eigenvalue weighted by Gasteiger charge is 2.24. The van der Waals surface area contributed by atoms with E-state index in [0.29, 0.717) is 12.1 Å². The van der Waals surface area contributed by atoms with Crippen molar-refractivity contribution in [2.75, 3.05) is 6.54 Å². The first-order valence-electron chi connectivity index (χ1n) is 5.22. The van der Waals surface area contributed by atoms with Crippen molar-refractivity contribution < 1.29 is 0 Å². The van der Waals surface area contributed by atoms with Gasteiger partial charge in [0.2, 0.25) is 0 Å². The minimum atomic E-state index is 0.480. The van der Waals surface area contributed by atoms with Crippen molar-refractivity contribution in [1.29, 1.82) is 0 Å². The van der Waals surface area contributed by atoms with Crippen molar-refractivity contribution >= 4 is 0 Å². The van der Waals surface area contributed by atoms with Gasteiger partial charge < -0.3 is 11.1 Å². The van der Waals surface area contributed by atoms with E-state index >= 15 is 0 Å². The molecule has 1 rings (SSSR count). The van der Waals surface area contributed by atoms with E-state index in [-0.39, 0.29) is 0 Å². The zero-order chi connectivity index (χ0) is 8.97. The van der Waals surface area contributed by atoms with E-state index < -0.39 is 0 Å². The molecule has 0 aromatic carbocycles. The van der Waals surface area contributed by atoms with Gasteiger partial charge in [-0.05, 0) is 25.7 Å². The average Bonchev–Trinajstić information content (AvgIpc) is 2.86. The lowest BCUT2D eigenvalue weighted by Gasteiger charge is -2.20. The fourth-order valence-corrected chi connectivity index (χ4v) is 1.58. The Morgan fingerprint density at radius 3 is 2.58 bits per heavy atom. The Morgan fingerprint density at radius 1 is 1.50 bits per heavy atom. The van der Waals surface area contributed by atoms with Crippen LogP contribution in [0.15, 0.2) is 0 Å². The SMILES string of the molecule is CCC(CC1CC1)NC(C)CN. The number of nitrogens with one attached hydrogen (secondary N) is 1. The molecule has 0 radical (unpaired) electrons. The van der Waals surface area contributed by atoms with Gasteiger partial charge in [-0.2, -0.15) is 0 Å². The van der Waals surface area contributed by atoms with Gasteiger partial charge in [0.25, 0.3) is 0 Å². The fraction of sp³-hybridized carbons (Fsp3) is 1.00. The number of rotatable bonds is 6. The van der Waals surface area contributed by atoms with Crippen molar-refractivity contribution in [1.82, 2.24) is 5.32 Å². The van der Waals surface area contributed by atoms with Crippen LogP contribution >= 0.6 is 0 Å². The van der Waals surface area contributed by atoms with Crippen LogP contribution in [0.25, 0.3) is 0 Å². The minimum Gasteiger partial charge on any atom is -0.329 e. The molecule has 0 aromatic heterocycles. The summed E-state index contributed by atoms with van der Waals surface area (Å²) in [5.74, 6) is 1.02. The summed E-state index contributed by atoms with van der Waals surface area (Å²) in [6, 6.07) is 1.18. The molecule has 0 amide bonds. The first-order chi connectivity index (χ1) is 5.76. The fourth-order valence-electron chi connectivity index (χ4n) is 1.58. The van der Waals surface area contributed by atoms with Crippen molar-refractivity contribution in [2.45, 2.75) is 51.6 Å². The van der Waals surface area contributed by atoms with E-state index in [1.165, 1.54) is 25.7 Å². The Hall–Kier alpha value is -0.0800. The van der Waals surface area contributed by atoms with E-state index in [1.54, 1.807) is 0 Å². The largest absolute Gasteiger partial charge is 0.329 e. The summed E-state index contributed by atoms with van der Waals surface area (Å²) in [5, 5.41) is 3.56. The summed E-state index contributed by atoms with van der Waals surface area (Å²) in [4.78, 5) is 0. The van der Waals surface area contributed by atoms with E-state index in [9.17, 15) is 0 Å². The van der Waals surface area contributed by atoms with Crippen LogP contribution < -0.4 is 11.1 Å². The second-order valence-corrected chi connectivity index (χ2v) is 4.09. The van der Waals surface area contributed by atoms with E-state index in [1.807, 2.05) is 0 Å². The van der Waals surface area contributed by atoms with Crippen LogP contribution in [0.1, 0.15) is 39.5 Å². The summed E-state index contributed by atoms with van der Waals surface area (Å²) < 4.78 is 0. The van der Waals surface area contributed by atoms with Gasteiger partial charge in [-0.15, -0.1) is 0 Å². The van der Waals surface area contributed by atoms with Crippen molar-refractivity contribution in [3.63, 3.8) is 0 Å². The lowest BCUT2D eigenvalue weighted by molar-refractivity contribution is 0.401. The molecule has 2 nitrogen and oxygen atoms in total. The van der Waals surface area contributed by atoms with Crippen LogP contribution in [0.4, 0.5) is 0 Å². The van der Waals surface area contributed by atoms with Gasteiger partial charge in [0.05, 0.1) is 0 Å². The summed E-state index contributed by atoms with van der Waals surface area (Å²) in [6.07, 6.45) is 5.51. The Balaban J connectivity index is 2.14. The van der Waals surface area contributed by atoms with Gasteiger partial charge in [0.1, 0.15) is 0 Å². The van der Waals surface area contributed by atoms with Crippen LogP contribution in [-0.4, -0.2) is 18.6 Å². The van der Waals surface area contributed by atoms with Crippen LogP contribution in [0.2, 0.25) is 0 Å². The third kappa shape index (κ3) is 3.55. The quantitative estimate of drug-likeness (QED) is 0.634. The molecule has 1 fully saturated rings. The number of hydrogen-bond donors (Lipinski definition) is 2. The first-order valence-corrected chi connectivity index (χ1v) is 5.22. The molecular formula is C10H22N2. The number of nitrogens with two attached hydrogens (primary N) is 1. The molecule has 2 heteroatoms. The van der Waals surface area contributed by atoms with Gasteiger partial charge in [0.15, 0.2) is 0 Å². The summed E-state index contributed by atoms with van der Waals surface area (Å²) in [5.41, 5.74) is 5.56. The van der Waals surface area contributed by atoms with Gasteiger partial charge in [-0.1, -0.05) is 19.8 Å². The monoisotopic (exact) mass is 170 g/mol. The Morgan fingerprint density at radius 2 is 2.17 bits per heavy atom. The molecule has 2 atom stereocenters. The zero-order valence-corrected chi connectivity index (χ0v) is 8.34. The summed E-state index contributed by atoms with van der Waals surface area (Å²) >= 11 is 0. The lowest BCUT2D eigenvalue weighted by atomic mass is 10.1. The van der Waals surface area contributed by atoms with Gasteiger partial charge >= 0.3 is 0 Å².